The molecule has 0 bridgehead atoms. The van der Waals surface area contributed by atoms with Crippen molar-refractivity contribution in [2.45, 2.75) is 38.6 Å². The average Bonchev–Trinajstić information content (AvgIpc) is 2.80. The third-order valence-electron chi connectivity index (χ3n) is 5.75. The predicted octanol–water partition coefficient (Wildman–Crippen LogP) is 3.44. The minimum atomic E-state index is -0.228. The monoisotopic (exact) mass is 422 g/mol. The Kier molecular flexibility index (Phi) is 8.91. The second-order valence-electron chi connectivity index (χ2n) is 7.94. The van der Waals surface area contributed by atoms with Crippen LogP contribution in [0.1, 0.15) is 31.7 Å². The Morgan fingerprint density at radius 1 is 0.968 bits per heavy atom. The molecular formula is C25H34N4O2. The molecule has 166 valence electrons. The minimum Gasteiger partial charge on any atom is -0.338 e. The van der Waals surface area contributed by atoms with Crippen molar-refractivity contribution in [1.29, 1.82) is 0 Å². The van der Waals surface area contributed by atoms with Crippen molar-refractivity contribution in [3.63, 3.8) is 0 Å². The number of para-hydroxylation sites is 1. The Balaban J connectivity index is 1.55. The van der Waals surface area contributed by atoms with Crippen molar-refractivity contribution in [3.8, 4) is 0 Å². The maximum atomic E-state index is 13.1. The predicted molar refractivity (Wildman–Crippen MR) is 125 cm³/mol. The van der Waals surface area contributed by atoms with E-state index in [1.807, 2.05) is 42.2 Å². The zero-order valence-corrected chi connectivity index (χ0v) is 18.4. The third kappa shape index (κ3) is 7.10. The number of hydrogen-bond donors (Lipinski definition) is 2. The normalized spacial score (nSPS) is 14.7. The summed E-state index contributed by atoms with van der Waals surface area (Å²) in [6.45, 7) is 5.81. The Morgan fingerprint density at radius 2 is 1.61 bits per heavy atom. The fraction of sp³-hybridized carbons (Fsp3) is 0.440. The van der Waals surface area contributed by atoms with Gasteiger partial charge in [-0.05, 0) is 43.9 Å². The number of nitrogens with one attached hydrogen (secondary N) is 2. The molecule has 1 fully saturated rings. The van der Waals surface area contributed by atoms with E-state index < -0.39 is 0 Å². The van der Waals surface area contributed by atoms with Crippen LogP contribution < -0.4 is 15.5 Å². The zero-order chi connectivity index (χ0) is 21.9. The van der Waals surface area contributed by atoms with E-state index >= 15 is 0 Å². The highest BCUT2D eigenvalue weighted by molar-refractivity contribution is 5.94. The molecule has 0 aliphatic carbocycles. The molecule has 0 unspecified atom stereocenters. The molecule has 0 atom stereocenters. The molecule has 2 N–H and O–H groups in total. The lowest BCUT2D eigenvalue weighted by molar-refractivity contribution is -0.119. The van der Waals surface area contributed by atoms with Crippen LogP contribution in [-0.4, -0.2) is 55.6 Å². The standard InChI is InChI=1S/C25H34N4O2/c1-2-26-25(31)27-17-13-24(30)29(22-11-7-4-8-12-22)23-15-19-28(20-16-23)18-14-21-9-5-3-6-10-21/h3-12,23H,2,13-20H2,1H3,(H2,26,27,31). The van der Waals surface area contributed by atoms with Gasteiger partial charge in [0, 0.05) is 50.9 Å². The second kappa shape index (κ2) is 12.1. The van der Waals surface area contributed by atoms with Crippen LogP contribution in [0.15, 0.2) is 60.7 Å². The Hall–Kier alpha value is -2.86. The highest BCUT2D eigenvalue weighted by atomic mass is 16.2. The summed E-state index contributed by atoms with van der Waals surface area (Å²) >= 11 is 0. The lowest BCUT2D eigenvalue weighted by Gasteiger charge is -2.38. The first-order chi connectivity index (χ1) is 15.2. The van der Waals surface area contributed by atoms with Gasteiger partial charge in [-0.2, -0.15) is 0 Å². The van der Waals surface area contributed by atoms with Gasteiger partial charge in [0.1, 0.15) is 0 Å². The summed E-state index contributed by atoms with van der Waals surface area (Å²) in [4.78, 5) is 29.2. The van der Waals surface area contributed by atoms with Gasteiger partial charge in [-0.3, -0.25) is 4.79 Å². The molecule has 2 aromatic rings. The molecule has 6 heteroatoms. The van der Waals surface area contributed by atoms with Gasteiger partial charge in [-0.15, -0.1) is 0 Å². The van der Waals surface area contributed by atoms with Gasteiger partial charge in [-0.1, -0.05) is 48.5 Å². The van der Waals surface area contributed by atoms with Gasteiger partial charge < -0.3 is 20.4 Å². The molecule has 0 spiro atoms. The smallest absolute Gasteiger partial charge is 0.314 e. The maximum absolute atomic E-state index is 13.1. The van der Waals surface area contributed by atoms with Crippen molar-refractivity contribution in [2.24, 2.45) is 0 Å². The lowest BCUT2D eigenvalue weighted by Crippen LogP contribution is -2.48. The highest BCUT2D eigenvalue weighted by Crippen LogP contribution is 2.24. The first-order valence-corrected chi connectivity index (χ1v) is 11.3. The SMILES string of the molecule is CCNC(=O)NCCC(=O)N(c1ccccc1)C1CCN(CCc2ccccc2)CC1. The molecular weight excluding hydrogens is 388 g/mol. The number of anilines is 1. The fourth-order valence-corrected chi connectivity index (χ4v) is 4.11. The van der Waals surface area contributed by atoms with E-state index in [-0.39, 0.29) is 18.0 Å². The number of rotatable bonds is 9. The van der Waals surface area contributed by atoms with Gasteiger partial charge in [0.15, 0.2) is 0 Å². The molecule has 6 nitrogen and oxygen atoms in total. The number of carbonyl (C=O) groups is 2. The van der Waals surface area contributed by atoms with E-state index in [1.54, 1.807) is 0 Å². The number of urea groups is 1. The Bertz CT molecular complexity index is 805. The highest BCUT2D eigenvalue weighted by Gasteiger charge is 2.28. The Labute approximate surface area is 185 Å². The summed E-state index contributed by atoms with van der Waals surface area (Å²) in [5.74, 6) is 0.0609. The molecule has 31 heavy (non-hydrogen) atoms. The molecule has 1 aliphatic heterocycles. The van der Waals surface area contributed by atoms with Crippen LogP contribution in [0.3, 0.4) is 0 Å². The van der Waals surface area contributed by atoms with Crippen molar-refractivity contribution < 1.29 is 9.59 Å². The molecule has 3 amide bonds. The van der Waals surface area contributed by atoms with Crippen LogP contribution >= 0.6 is 0 Å². The van der Waals surface area contributed by atoms with Crippen molar-refractivity contribution >= 4 is 17.6 Å². The number of piperidine rings is 1. The summed E-state index contributed by atoms with van der Waals surface area (Å²) < 4.78 is 0. The third-order valence-corrected chi connectivity index (χ3v) is 5.75. The largest absolute Gasteiger partial charge is 0.338 e. The van der Waals surface area contributed by atoms with Crippen LogP contribution in [0.2, 0.25) is 0 Å². The van der Waals surface area contributed by atoms with Crippen LogP contribution in [-0.2, 0) is 11.2 Å². The summed E-state index contributed by atoms with van der Waals surface area (Å²) in [6.07, 6.45) is 3.26. The maximum Gasteiger partial charge on any atom is 0.314 e. The van der Waals surface area contributed by atoms with Crippen LogP contribution in [0.25, 0.3) is 0 Å². The van der Waals surface area contributed by atoms with Crippen LogP contribution in [0.4, 0.5) is 10.5 Å². The number of benzene rings is 2. The Morgan fingerprint density at radius 3 is 2.26 bits per heavy atom. The summed E-state index contributed by atoms with van der Waals surface area (Å²) in [6, 6.07) is 20.4. The summed E-state index contributed by atoms with van der Waals surface area (Å²) in [5.41, 5.74) is 2.30. The lowest BCUT2D eigenvalue weighted by atomic mass is 10.0. The van der Waals surface area contributed by atoms with Crippen LogP contribution in [0, 0.1) is 0 Å². The molecule has 1 heterocycles. The molecule has 0 radical (unpaired) electrons. The molecule has 0 aromatic heterocycles. The molecule has 3 rings (SSSR count). The van der Waals surface area contributed by atoms with Gasteiger partial charge in [-0.25, -0.2) is 4.79 Å². The first kappa shape index (κ1) is 22.8. The number of nitrogens with zero attached hydrogens (tertiary/aromatic N) is 2. The van der Waals surface area contributed by atoms with Gasteiger partial charge in [0.2, 0.25) is 5.91 Å². The number of carbonyl (C=O) groups excluding carboxylic acids is 2. The molecule has 1 aliphatic rings. The van der Waals surface area contributed by atoms with E-state index in [2.05, 4.69) is 45.9 Å². The average molecular weight is 423 g/mol. The summed E-state index contributed by atoms with van der Waals surface area (Å²) in [7, 11) is 0. The van der Waals surface area contributed by atoms with Crippen molar-refractivity contribution in [2.75, 3.05) is 37.6 Å². The quantitative estimate of drug-likeness (QED) is 0.651. The molecule has 0 saturated carbocycles. The zero-order valence-electron chi connectivity index (χ0n) is 18.4. The first-order valence-electron chi connectivity index (χ1n) is 11.3. The van der Waals surface area contributed by atoms with Gasteiger partial charge in [0.05, 0.1) is 0 Å². The van der Waals surface area contributed by atoms with Crippen molar-refractivity contribution in [3.05, 3.63) is 66.2 Å². The van der Waals surface area contributed by atoms with E-state index in [1.165, 1.54) is 5.56 Å². The topological polar surface area (TPSA) is 64.7 Å². The molecule has 2 aromatic carbocycles. The number of hydrogen-bond acceptors (Lipinski definition) is 3. The van der Waals surface area contributed by atoms with E-state index in [0.29, 0.717) is 19.5 Å². The second-order valence-corrected chi connectivity index (χ2v) is 7.94. The van der Waals surface area contributed by atoms with Gasteiger partial charge >= 0.3 is 6.03 Å². The fourth-order valence-electron chi connectivity index (χ4n) is 4.11. The minimum absolute atomic E-state index is 0.0609. The van der Waals surface area contributed by atoms with E-state index in [9.17, 15) is 9.59 Å². The number of amides is 3. The number of likely N-dealkylation sites (tertiary alicyclic amines) is 1. The van der Waals surface area contributed by atoms with E-state index in [0.717, 1.165) is 44.6 Å². The van der Waals surface area contributed by atoms with E-state index in [4.69, 9.17) is 0 Å². The van der Waals surface area contributed by atoms with Crippen molar-refractivity contribution in [1.82, 2.24) is 15.5 Å². The molecule has 1 saturated heterocycles. The van der Waals surface area contributed by atoms with Crippen LogP contribution in [0.5, 0.6) is 0 Å². The summed E-state index contributed by atoms with van der Waals surface area (Å²) in [5, 5.41) is 5.45. The van der Waals surface area contributed by atoms with Gasteiger partial charge in [0.25, 0.3) is 0 Å².